The number of benzene rings is 1. The van der Waals surface area contributed by atoms with E-state index < -0.39 is 4.92 Å². The third-order valence-corrected chi connectivity index (χ3v) is 3.16. The van der Waals surface area contributed by atoms with E-state index in [0.29, 0.717) is 18.9 Å². The maximum Gasteiger partial charge on any atom is 0.310 e. The van der Waals surface area contributed by atoms with Crippen molar-refractivity contribution in [2.45, 2.75) is 32.9 Å². The van der Waals surface area contributed by atoms with E-state index >= 15 is 0 Å². The first-order valence-electron chi connectivity index (χ1n) is 6.47. The fourth-order valence-corrected chi connectivity index (χ4v) is 1.79. The quantitative estimate of drug-likeness (QED) is 0.475. The third kappa shape index (κ3) is 5.79. The molecule has 0 heterocycles. The minimum absolute atomic E-state index is 0.00163. The van der Waals surface area contributed by atoms with Crippen LogP contribution in [-0.4, -0.2) is 29.1 Å². The topological polar surface area (TPSA) is 64.4 Å². The van der Waals surface area contributed by atoms with Crippen molar-refractivity contribution in [2.75, 3.05) is 18.6 Å². The Hall–Kier alpha value is -1.27. The van der Waals surface area contributed by atoms with Crippen LogP contribution in [0.15, 0.2) is 18.2 Å². The standard InChI is InChI=1S/C14H22N2O3S/c1-14(2,3)15-10-11-5-6-12(16(17)18)13(9-11)19-7-8-20-4/h5-6,9,15H,7-8,10H2,1-4H3. The number of hydrogen-bond acceptors (Lipinski definition) is 5. The predicted molar refractivity (Wildman–Crippen MR) is 83.6 cm³/mol. The van der Waals surface area contributed by atoms with Crippen molar-refractivity contribution in [1.29, 1.82) is 0 Å². The van der Waals surface area contributed by atoms with Gasteiger partial charge in [-0.15, -0.1) is 0 Å². The molecule has 0 saturated carbocycles. The molecule has 0 aromatic heterocycles. The Balaban J connectivity index is 2.83. The van der Waals surface area contributed by atoms with Crippen LogP contribution in [-0.2, 0) is 6.54 Å². The molecule has 0 aliphatic rings. The molecule has 5 nitrogen and oxygen atoms in total. The van der Waals surface area contributed by atoms with Crippen molar-refractivity contribution in [3.63, 3.8) is 0 Å². The summed E-state index contributed by atoms with van der Waals surface area (Å²) < 4.78 is 5.52. The molecular weight excluding hydrogens is 276 g/mol. The SMILES string of the molecule is CSCCOc1cc(CNC(C)(C)C)ccc1[N+](=O)[O-]. The van der Waals surface area contributed by atoms with E-state index in [2.05, 4.69) is 26.1 Å². The molecule has 0 bridgehead atoms. The Labute approximate surface area is 124 Å². The van der Waals surface area contributed by atoms with Gasteiger partial charge >= 0.3 is 5.69 Å². The van der Waals surface area contributed by atoms with Crippen LogP contribution in [0.25, 0.3) is 0 Å². The van der Waals surface area contributed by atoms with Gasteiger partial charge in [0, 0.05) is 23.9 Å². The first kappa shape index (κ1) is 16.8. The number of ether oxygens (including phenoxy) is 1. The second-order valence-electron chi connectivity index (χ2n) is 5.50. The molecule has 112 valence electrons. The monoisotopic (exact) mass is 298 g/mol. The summed E-state index contributed by atoms with van der Waals surface area (Å²) in [7, 11) is 0. The Morgan fingerprint density at radius 1 is 1.40 bits per heavy atom. The summed E-state index contributed by atoms with van der Waals surface area (Å²) in [5, 5.41) is 14.3. The van der Waals surface area contributed by atoms with E-state index in [-0.39, 0.29) is 11.2 Å². The van der Waals surface area contributed by atoms with Crippen LogP contribution >= 0.6 is 11.8 Å². The van der Waals surface area contributed by atoms with Crippen LogP contribution in [0, 0.1) is 10.1 Å². The normalized spacial score (nSPS) is 11.4. The molecule has 0 radical (unpaired) electrons. The molecule has 1 rings (SSSR count). The lowest BCUT2D eigenvalue weighted by atomic mass is 10.1. The zero-order chi connectivity index (χ0) is 15.2. The lowest BCUT2D eigenvalue weighted by molar-refractivity contribution is -0.385. The highest BCUT2D eigenvalue weighted by atomic mass is 32.2. The summed E-state index contributed by atoms with van der Waals surface area (Å²) in [5.41, 5.74) is 0.997. The van der Waals surface area contributed by atoms with Gasteiger partial charge in [-0.1, -0.05) is 6.07 Å². The maximum absolute atomic E-state index is 11.0. The lowest BCUT2D eigenvalue weighted by Gasteiger charge is -2.20. The molecule has 6 heteroatoms. The molecule has 1 N–H and O–H groups in total. The van der Waals surface area contributed by atoms with Gasteiger partial charge in [0.15, 0.2) is 5.75 Å². The second-order valence-corrected chi connectivity index (χ2v) is 6.49. The number of hydrogen-bond donors (Lipinski definition) is 1. The van der Waals surface area contributed by atoms with E-state index in [1.807, 2.05) is 6.26 Å². The van der Waals surface area contributed by atoms with Gasteiger partial charge < -0.3 is 10.1 Å². The Morgan fingerprint density at radius 2 is 2.10 bits per heavy atom. The number of thioether (sulfide) groups is 1. The van der Waals surface area contributed by atoms with E-state index in [0.717, 1.165) is 11.3 Å². The number of nitro benzene ring substituents is 1. The number of nitrogens with zero attached hydrogens (tertiary/aromatic N) is 1. The molecule has 1 aromatic carbocycles. The average Bonchev–Trinajstić information content (AvgIpc) is 2.36. The van der Waals surface area contributed by atoms with Gasteiger partial charge in [-0.2, -0.15) is 11.8 Å². The molecule has 0 spiro atoms. The van der Waals surface area contributed by atoms with Crippen LogP contribution in [0.2, 0.25) is 0 Å². The molecule has 20 heavy (non-hydrogen) atoms. The fraction of sp³-hybridized carbons (Fsp3) is 0.571. The van der Waals surface area contributed by atoms with E-state index in [4.69, 9.17) is 4.74 Å². The van der Waals surface area contributed by atoms with E-state index in [1.54, 1.807) is 23.9 Å². The Kier molecular flexibility index (Phi) is 6.29. The van der Waals surface area contributed by atoms with Gasteiger partial charge in [-0.05, 0) is 38.7 Å². The average molecular weight is 298 g/mol. The fourth-order valence-electron chi connectivity index (χ4n) is 1.54. The van der Waals surface area contributed by atoms with Gasteiger partial charge in [-0.25, -0.2) is 0 Å². The highest BCUT2D eigenvalue weighted by Crippen LogP contribution is 2.28. The molecule has 0 fully saturated rings. The summed E-state index contributed by atoms with van der Waals surface area (Å²) in [6.07, 6.45) is 1.97. The molecule has 0 atom stereocenters. The largest absolute Gasteiger partial charge is 0.486 e. The minimum Gasteiger partial charge on any atom is -0.486 e. The van der Waals surface area contributed by atoms with E-state index in [1.165, 1.54) is 6.07 Å². The smallest absolute Gasteiger partial charge is 0.310 e. The van der Waals surface area contributed by atoms with Gasteiger partial charge in [0.05, 0.1) is 11.5 Å². The molecule has 0 aliphatic heterocycles. The first-order chi connectivity index (χ1) is 9.33. The third-order valence-electron chi connectivity index (χ3n) is 2.59. The van der Waals surface area contributed by atoms with Crippen molar-refractivity contribution in [2.24, 2.45) is 0 Å². The summed E-state index contributed by atoms with van der Waals surface area (Å²) in [5.74, 6) is 1.15. The summed E-state index contributed by atoms with van der Waals surface area (Å²) in [6.45, 7) is 7.36. The van der Waals surface area contributed by atoms with Gasteiger partial charge in [0.2, 0.25) is 0 Å². The Morgan fingerprint density at radius 3 is 2.65 bits per heavy atom. The van der Waals surface area contributed by atoms with Crippen LogP contribution in [0.4, 0.5) is 5.69 Å². The zero-order valence-corrected chi connectivity index (χ0v) is 13.3. The summed E-state index contributed by atoms with van der Waals surface area (Å²) in [4.78, 5) is 10.6. The van der Waals surface area contributed by atoms with E-state index in [9.17, 15) is 10.1 Å². The van der Waals surface area contributed by atoms with Crippen LogP contribution in [0.3, 0.4) is 0 Å². The number of nitrogens with one attached hydrogen (secondary N) is 1. The molecular formula is C14H22N2O3S. The van der Waals surface area contributed by atoms with Gasteiger partial charge in [0.1, 0.15) is 0 Å². The molecule has 1 aromatic rings. The van der Waals surface area contributed by atoms with Crippen molar-refractivity contribution in [3.8, 4) is 5.75 Å². The number of nitro groups is 1. The summed E-state index contributed by atoms with van der Waals surface area (Å²) >= 11 is 1.65. The molecule has 0 saturated heterocycles. The van der Waals surface area contributed by atoms with Crippen molar-refractivity contribution < 1.29 is 9.66 Å². The molecule has 0 aliphatic carbocycles. The van der Waals surface area contributed by atoms with Crippen molar-refractivity contribution in [1.82, 2.24) is 5.32 Å². The predicted octanol–water partition coefficient (Wildman–Crippen LogP) is 3.22. The minimum atomic E-state index is -0.407. The van der Waals surface area contributed by atoms with Crippen LogP contribution < -0.4 is 10.1 Å². The first-order valence-corrected chi connectivity index (χ1v) is 7.87. The Bertz CT molecular complexity index is 458. The van der Waals surface area contributed by atoms with Crippen LogP contribution in [0.1, 0.15) is 26.3 Å². The second kappa shape index (κ2) is 7.50. The number of rotatable bonds is 7. The summed E-state index contributed by atoms with van der Waals surface area (Å²) in [6, 6.07) is 5.02. The van der Waals surface area contributed by atoms with Crippen molar-refractivity contribution in [3.05, 3.63) is 33.9 Å². The highest BCUT2D eigenvalue weighted by molar-refractivity contribution is 7.98. The van der Waals surface area contributed by atoms with Crippen LogP contribution in [0.5, 0.6) is 5.75 Å². The van der Waals surface area contributed by atoms with Crippen molar-refractivity contribution >= 4 is 17.4 Å². The van der Waals surface area contributed by atoms with Gasteiger partial charge in [-0.3, -0.25) is 10.1 Å². The molecule has 0 unspecified atom stereocenters. The van der Waals surface area contributed by atoms with Gasteiger partial charge in [0.25, 0.3) is 0 Å². The lowest BCUT2D eigenvalue weighted by Crippen LogP contribution is -2.35. The molecule has 0 amide bonds. The highest BCUT2D eigenvalue weighted by Gasteiger charge is 2.16. The zero-order valence-electron chi connectivity index (χ0n) is 12.4. The maximum atomic E-state index is 11.0.